The Hall–Kier alpha value is -3.61. The van der Waals surface area contributed by atoms with E-state index in [1.54, 1.807) is 36.4 Å². The molecule has 35 heavy (non-hydrogen) atoms. The first-order valence-corrected chi connectivity index (χ1v) is 12.1. The number of amides is 2. The lowest BCUT2D eigenvalue weighted by Crippen LogP contribution is -2.44. The number of likely N-dealkylation sites (tertiary alicyclic amines) is 1. The van der Waals surface area contributed by atoms with E-state index < -0.39 is 0 Å². The van der Waals surface area contributed by atoms with Crippen molar-refractivity contribution in [3.05, 3.63) is 100 Å². The van der Waals surface area contributed by atoms with Crippen LogP contribution in [-0.4, -0.2) is 35.8 Å². The van der Waals surface area contributed by atoms with E-state index in [2.05, 4.69) is 39.8 Å². The number of rotatable bonds is 5. The maximum Gasteiger partial charge on any atom is 0.291 e. The van der Waals surface area contributed by atoms with Gasteiger partial charge in [-0.05, 0) is 54.3 Å². The minimum atomic E-state index is -0.388. The highest BCUT2D eigenvalue weighted by molar-refractivity contribution is 6.32. The van der Waals surface area contributed by atoms with Crippen LogP contribution in [0, 0.1) is 0 Å². The predicted molar refractivity (Wildman–Crippen MR) is 137 cm³/mol. The Labute approximate surface area is 209 Å². The second-order valence-corrected chi connectivity index (χ2v) is 9.21. The number of fused-ring (bicyclic) bond motifs is 1. The molecule has 3 aromatic rings. The van der Waals surface area contributed by atoms with E-state index in [-0.39, 0.29) is 23.6 Å². The van der Waals surface area contributed by atoms with Gasteiger partial charge in [0.2, 0.25) is 0 Å². The molecule has 2 amide bonds. The predicted octanol–water partition coefficient (Wildman–Crippen LogP) is 5.11. The van der Waals surface area contributed by atoms with E-state index in [0.29, 0.717) is 27.6 Å². The van der Waals surface area contributed by atoms with Gasteiger partial charge in [-0.25, -0.2) is 0 Å². The van der Waals surface area contributed by atoms with Gasteiger partial charge in [-0.3, -0.25) is 14.5 Å². The number of hydrogen-bond donors (Lipinski definition) is 2. The van der Waals surface area contributed by atoms with Gasteiger partial charge in [0, 0.05) is 36.3 Å². The van der Waals surface area contributed by atoms with Crippen LogP contribution < -0.4 is 15.4 Å². The third kappa shape index (κ3) is 5.56. The molecule has 0 bridgehead atoms. The molecule has 2 aliphatic heterocycles. The maximum absolute atomic E-state index is 12.9. The molecule has 2 heterocycles. The second kappa shape index (κ2) is 10.3. The summed E-state index contributed by atoms with van der Waals surface area (Å²) in [5.41, 5.74) is 2.95. The van der Waals surface area contributed by atoms with Gasteiger partial charge in [0.1, 0.15) is 0 Å². The number of anilines is 1. The van der Waals surface area contributed by atoms with Crippen LogP contribution in [0.5, 0.6) is 5.75 Å². The van der Waals surface area contributed by atoms with Crippen molar-refractivity contribution in [3.63, 3.8) is 0 Å². The molecule has 0 atom stereocenters. The summed E-state index contributed by atoms with van der Waals surface area (Å²) in [5, 5.41) is 6.48. The van der Waals surface area contributed by atoms with Crippen LogP contribution in [0.1, 0.15) is 34.3 Å². The molecule has 6 nitrogen and oxygen atoms in total. The summed E-state index contributed by atoms with van der Waals surface area (Å²) in [6, 6.07) is 22.8. The summed E-state index contributed by atoms with van der Waals surface area (Å²) in [7, 11) is 0. The summed E-state index contributed by atoms with van der Waals surface area (Å²) in [5.74, 6) is 0.0838. The largest absolute Gasteiger partial charge is 0.449 e. The van der Waals surface area contributed by atoms with E-state index in [1.807, 2.05) is 18.2 Å². The van der Waals surface area contributed by atoms with Crippen molar-refractivity contribution in [2.45, 2.75) is 25.4 Å². The van der Waals surface area contributed by atoms with E-state index >= 15 is 0 Å². The number of halogens is 1. The molecule has 7 heteroatoms. The highest BCUT2D eigenvalue weighted by Gasteiger charge is 2.25. The van der Waals surface area contributed by atoms with Crippen molar-refractivity contribution in [2.24, 2.45) is 0 Å². The lowest BCUT2D eigenvalue weighted by molar-refractivity contribution is -0.115. The molecule has 3 aromatic carbocycles. The van der Waals surface area contributed by atoms with Crippen LogP contribution in [0.3, 0.4) is 0 Å². The molecule has 5 rings (SSSR count). The molecule has 0 saturated carbocycles. The molecule has 0 aromatic heterocycles. The standard InChI is InChI=1S/C28H26ClN3O3/c29-23-9-5-4-8-20(23)17-26-28(34)31-24-16-21(10-11-25(24)35-26)27(33)30-22-12-14-32(15-13-22)18-19-6-2-1-3-7-19/h1-11,16-17,22H,12-15,18H2,(H,30,33)(H,31,34). The normalized spacial score (nSPS) is 17.4. The highest BCUT2D eigenvalue weighted by atomic mass is 35.5. The third-order valence-electron chi connectivity index (χ3n) is 6.30. The molecule has 0 aliphatic carbocycles. The van der Waals surface area contributed by atoms with Gasteiger partial charge in [0.15, 0.2) is 11.5 Å². The zero-order chi connectivity index (χ0) is 24.2. The lowest BCUT2D eigenvalue weighted by Gasteiger charge is -2.32. The number of benzene rings is 3. The van der Waals surface area contributed by atoms with Gasteiger partial charge in [0.05, 0.1) is 5.69 Å². The molecule has 1 fully saturated rings. The fraction of sp³-hybridized carbons (Fsp3) is 0.214. The molecular weight excluding hydrogens is 462 g/mol. The number of hydrogen-bond acceptors (Lipinski definition) is 4. The minimum absolute atomic E-state index is 0.126. The smallest absolute Gasteiger partial charge is 0.291 e. The Morgan fingerprint density at radius 3 is 2.57 bits per heavy atom. The number of nitrogens with zero attached hydrogens (tertiary/aromatic N) is 1. The summed E-state index contributed by atoms with van der Waals surface area (Å²) in [4.78, 5) is 27.9. The topological polar surface area (TPSA) is 70.7 Å². The Kier molecular flexibility index (Phi) is 6.84. The van der Waals surface area contributed by atoms with Gasteiger partial charge in [-0.2, -0.15) is 0 Å². The van der Waals surface area contributed by atoms with Gasteiger partial charge in [-0.15, -0.1) is 0 Å². The average molecular weight is 488 g/mol. The Morgan fingerprint density at radius 1 is 1.06 bits per heavy atom. The average Bonchev–Trinajstić information content (AvgIpc) is 2.87. The zero-order valence-corrected chi connectivity index (χ0v) is 19.9. The van der Waals surface area contributed by atoms with Crippen LogP contribution in [-0.2, 0) is 11.3 Å². The summed E-state index contributed by atoms with van der Waals surface area (Å²) < 4.78 is 5.80. The second-order valence-electron chi connectivity index (χ2n) is 8.81. The molecule has 178 valence electrons. The van der Waals surface area contributed by atoms with E-state index in [1.165, 1.54) is 5.56 Å². The lowest BCUT2D eigenvalue weighted by atomic mass is 10.0. The van der Waals surface area contributed by atoms with Crippen LogP contribution in [0.15, 0.2) is 78.6 Å². The fourth-order valence-electron chi connectivity index (χ4n) is 4.38. The quantitative estimate of drug-likeness (QED) is 0.491. The van der Waals surface area contributed by atoms with Crippen molar-refractivity contribution in [2.75, 3.05) is 18.4 Å². The first-order chi connectivity index (χ1) is 17.0. The van der Waals surface area contributed by atoms with Crippen LogP contribution in [0.4, 0.5) is 5.69 Å². The molecule has 0 radical (unpaired) electrons. The first kappa shape index (κ1) is 23.1. The number of ether oxygens (including phenoxy) is 1. The van der Waals surface area contributed by atoms with Gasteiger partial charge in [0.25, 0.3) is 11.8 Å². The number of carbonyl (C=O) groups excluding carboxylic acids is 2. The third-order valence-corrected chi connectivity index (χ3v) is 6.64. The van der Waals surface area contributed by atoms with Crippen LogP contribution in [0.25, 0.3) is 6.08 Å². The molecule has 0 unspecified atom stereocenters. The van der Waals surface area contributed by atoms with Crippen molar-refractivity contribution in [1.82, 2.24) is 10.2 Å². The molecule has 2 N–H and O–H groups in total. The van der Waals surface area contributed by atoms with Crippen LogP contribution >= 0.6 is 11.6 Å². The Balaban J connectivity index is 1.19. The van der Waals surface area contributed by atoms with Crippen molar-refractivity contribution < 1.29 is 14.3 Å². The number of nitrogens with one attached hydrogen (secondary N) is 2. The zero-order valence-electron chi connectivity index (χ0n) is 19.2. The van der Waals surface area contributed by atoms with Gasteiger partial charge in [-0.1, -0.05) is 60.1 Å². The van der Waals surface area contributed by atoms with E-state index in [0.717, 1.165) is 32.5 Å². The first-order valence-electron chi connectivity index (χ1n) is 11.7. The molecular formula is C28H26ClN3O3. The minimum Gasteiger partial charge on any atom is -0.449 e. The Bertz CT molecular complexity index is 1270. The van der Waals surface area contributed by atoms with Crippen LogP contribution in [0.2, 0.25) is 5.02 Å². The SMILES string of the molecule is O=C1Nc2cc(C(=O)NC3CCN(Cc4ccccc4)CC3)ccc2OC1=Cc1ccccc1Cl. The van der Waals surface area contributed by atoms with Crippen molar-refractivity contribution in [3.8, 4) is 5.75 Å². The summed E-state index contributed by atoms with van der Waals surface area (Å²) in [6.45, 7) is 2.81. The molecule has 0 spiro atoms. The summed E-state index contributed by atoms with van der Waals surface area (Å²) in [6.07, 6.45) is 3.41. The van der Waals surface area contributed by atoms with Crippen molar-refractivity contribution >= 4 is 35.2 Å². The number of carbonyl (C=O) groups is 2. The molecule has 1 saturated heterocycles. The highest BCUT2D eigenvalue weighted by Crippen LogP contribution is 2.33. The number of piperidine rings is 1. The molecule has 2 aliphatic rings. The monoisotopic (exact) mass is 487 g/mol. The van der Waals surface area contributed by atoms with E-state index in [9.17, 15) is 9.59 Å². The van der Waals surface area contributed by atoms with Gasteiger partial charge >= 0.3 is 0 Å². The Morgan fingerprint density at radius 2 is 1.80 bits per heavy atom. The maximum atomic E-state index is 12.9. The van der Waals surface area contributed by atoms with Crippen molar-refractivity contribution in [1.29, 1.82) is 0 Å². The summed E-state index contributed by atoms with van der Waals surface area (Å²) >= 11 is 6.19. The van der Waals surface area contributed by atoms with E-state index in [4.69, 9.17) is 16.3 Å². The van der Waals surface area contributed by atoms with Gasteiger partial charge < -0.3 is 15.4 Å². The fourth-order valence-corrected chi connectivity index (χ4v) is 4.57.